The van der Waals surface area contributed by atoms with Gasteiger partial charge in [0.15, 0.2) is 0 Å². The number of non-ortho nitro benzene ring substituents is 1. The summed E-state index contributed by atoms with van der Waals surface area (Å²) in [5, 5.41) is 10.8. The normalized spacial score (nSPS) is 11.1. The Morgan fingerprint density at radius 2 is 1.15 bits per heavy atom. The minimum atomic E-state index is -0.799. The van der Waals surface area contributed by atoms with Crippen molar-refractivity contribution in [3.05, 3.63) is 148 Å². The first-order valence-electron chi connectivity index (χ1n) is 11.1. The van der Waals surface area contributed by atoms with Crippen molar-refractivity contribution < 1.29 is 9.72 Å². The lowest BCUT2D eigenvalue weighted by Crippen LogP contribution is -2.53. The van der Waals surface area contributed by atoms with Crippen molar-refractivity contribution in [2.24, 2.45) is 0 Å². The van der Waals surface area contributed by atoms with Crippen molar-refractivity contribution in [3.8, 4) is 0 Å². The minimum Gasteiger partial charge on any atom is -0.290 e. The third-order valence-corrected chi connectivity index (χ3v) is 5.80. The molecule has 0 saturated heterocycles. The number of hydrazine groups is 1. The molecule has 2 N–H and O–H groups in total. The molecule has 0 spiro atoms. The molecule has 0 saturated carbocycles. The zero-order chi connectivity index (χ0) is 23.8. The average molecular weight is 452 g/mol. The van der Waals surface area contributed by atoms with Crippen molar-refractivity contribution in [2.75, 3.05) is 0 Å². The van der Waals surface area contributed by atoms with Gasteiger partial charge in [-0.15, -0.1) is 0 Å². The van der Waals surface area contributed by atoms with Crippen LogP contribution in [0.1, 0.15) is 28.7 Å². The van der Waals surface area contributed by atoms with Crippen molar-refractivity contribution in [2.45, 2.75) is 18.4 Å². The van der Waals surface area contributed by atoms with Crippen LogP contribution in [0.4, 0.5) is 5.69 Å². The molecule has 6 nitrogen and oxygen atoms in total. The molecule has 0 fully saturated rings. The van der Waals surface area contributed by atoms with Crippen molar-refractivity contribution in [1.82, 2.24) is 10.9 Å². The van der Waals surface area contributed by atoms with E-state index < -0.39 is 10.5 Å². The zero-order valence-electron chi connectivity index (χ0n) is 18.6. The van der Waals surface area contributed by atoms with E-state index >= 15 is 0 Å². The van der Waals surface area contributed by atoms with Gasteiger partial charge in [0.05, 0.1) is 4.92 Å². The Kier molecular flexibility index (Phi) is 7.10. The second-order valence-electron chi connectivity index (χ2n) is 7.94. The fourth-order valence-electron chi connectivity index (χ4n) is 4.05. The van der Waals surface area contributed by atoms with Crippen LogP contribution >= 0.6 is 0 Å². The second kappa shape index (κ2) is 10.6. The molecule has 0 aliphatic rings. The molecule has 4 aromatic rings. The van der Waals surface area contributed by atoms with Crippen molar-refractivity contribution >= 4 is 11.6 Å². The molecular weight excluding hydrogens is 426 g/mol. The van der Waals surface area contributed by atoms with Gasteiger partial charge < -0.3 is 0 Å². The first kappa shape index (κ1) is 22.9. The summed E-state index contributed by atoms with van der Waals surface area (Å²) >= 11 is 0. The number of nitro groups is 1. The number of amides is 1. The topological polar surface area (TPSA) is 84.3 Å². The molecular formula is C28H25N3O3. The quantitative estimate of drug-likeness (QED) is 0.210. The maximum atomic E-state index is 12.9. The van der Waals surface area contributed by atoms with Gasteiger partial charge in [0.1, 0.15) is 5.54 Å². The highest BCUT2D eigenvalue weighted by Gasteiger charge is 2.36. The number of nitro benzene ring substituents is 1. The number of nitrogens with zero attached hydrogens (tertiary/aromatic N) is 1. The van der Waals surface area contributed by atoms with Gasteiger partial charge in [-0.1, -0.05) is 103 Å². The zero-order valence-corrected chi connectivity index (χ0v) is 18.6. The summed E-state index contributed by atoms with van der Waals surface area (Å²) in [6.45, 7) is 0. The SMILES string of the molecule is O=C(CCc1ccc([N+](=O)[O-])cc1)NNC(c1ccccc1)(c1ccccc1)c1ccccc1. The van der Waals surface area contributed by atoms with E-state index in [4.69, 9.17) is 0 Å². The maximum absolute atomic E-state index is 12.9. The third-order valence-electron chi connectivity index (χ3n) is 5.80. The van der Waals surface area contributed by atoms with Crippen LogP contribution in [0.3, 0.4) is 0 Å². The molecule has 0 bridgehead atoms. The van der Waals surface area contributed by atoms with E-state index in [0.29, 0.717) is 6.42 Å². The molecule has 6 heteroatoms. The Balaban J connectivity index is 1.59. The first-order valence-corrected chi connectivity index (χ1v) is 11.1. The predicted octanol–water partition coefficient (Wildman–Crippen LogP) is 5.14. The molecule has 0 atom stereocenters. The van der Waals surface area contributed by atoms with Gasteiger partial charge in [-0.3, -0.25) is 20.3 Å². The van der Waals surface area contributed by atoms with Gasteiger partial charge in [0, 0.05) is 18.6 Å². The van der Waals surface area contributed by atoms with Crippen LogP contribution in [0, 0.1) is 10.1 Å². The van der Waals surface area contributed by atoms with Gasteiger partial charge in [-0.05, 0) is 28.7 Å². The van der Waals surface area contributed by atoms with Gasteiger partial charge in [-0.25, -0.2) is 5.43 Å². The van der Waals surface area contributed by atoms with E-state index in [9.17, 15) is 14.9 Å². The van der Waals surface area contributed by atoms with Crippen LogP contribution in [0.25, 0.3) is 0 Å². The van der Waals surface area contributed by atoms with Crippen LogP contribution in [-0.4, -0.2) is 10.8 Å². The highest BCUT2D eigenvalue weighted by molar-refractivity contribution is 5.76. The smallest absolute Gasteiger partial charge is 0.269 e. The van der Waals surface area contributed by atoms with Crippen LogP contribution in [0.15, 0.2) is 115 Å². The highest BCUT2D eigenvalue weighted by atomic mass is 16.6. The lowest BCUT2D eigenvalue weighted by Gasteiger charge is -2.37. The number of hydrogen-bond donors (Lipinski definition) is 2. The lowest BCUT2D eigenvalue weighted by atomic mass is 9.77. The summed E-state index contributed by atoms with van der Waals surface area (Å²) in [4.78, 5) is 23.3. The van der Waals surface area contributed by atoms with Gasteiger partial charge in [-0.2, -0.15) is 0 Å². The number of aryl methyl sites for hydroxylation is 1. The molecule has 0 heterocycles. The summed E-state index contributed by atoms with van der Waals surface area (Å²) in [6.07, 6.45) is 0.708. The average Bonchev–Trinajstić information content (AvgIpc) is 2.90. The molecule has 0 aromatic heterocycles. The van der Waals surface area contributed by atoms with Crippen LogP contribution < -0.4 is 10.9 Å². The molecule has 4 aromatic carbocycles. The number of carbonyl (C=O) groups excluding carboxylic acids is 1. The lowest BCUT2D eigenvalue weighted by molar-refractivity contribution is -0.384. The Hall–Kier alpha value is -4.29. The standard InChI is InChI=1S/C28H25N3O3/c32-27(21-18-22-16-19-26(20-17-22)31(33)34)29-30-28(23-10-4-1-5-11-23,24-12-6-2-7-13-24)25-14-8-3-9-15-25/h1-17,19-20,30H,18,21H2,(H,29,32). The Morgan fingerprint density at radius 1 is 0.706 bits per heavy atom. The number of carbonyl (C=O) groups is 1. The van der Waals surface area contributed by atoms with Gasteiger partial charge in [0.2, 0.25) is 5.91 Å². The molecule has 34 heavy (non-hydrogen) atoms. The largest absolute Gasteiger partial charge is 0.290 e. The molecule has 4 rings (SSSR count). The molecule has 170 valence electrons. The van der Waals surface area contributed by atoms with Crippen molar-refractivity contribution in [1.29, 1.82) is 0 Å². The number of nitrogens with one attached hydrogen (secondary N) is 2. The molecule has 1 amide bonds. The summed E-state index contributed by atoms with van der Waals surface area (Å²) in [5.74, 6) is -0.175. The maximum Gasteiger partial charge on any atom is 0.269 e. The van der Waals surface area contributed by atoms with Crippen LogP contribution in [-0.2, 0) is 16.8 Å². The summed E-state index contributed by atoms with van der Waals surface area (Å²) in [5.41, 5.74) is 9.34. The van der Waals surface area contributed by atoms with Crippen LogP contribution in [0.5, 0.6) is 0 Å². The number of benzene rings is 4. The summed E-state index contributed by atoms with van der Waals surface area (Å²) < 4.78 is 0. The summed E-state index contributed by atoms with van der Waals surface area (Å²) in [6, 6.07) is 36.3. The Bertz CT molecular complexity index is 1130. The van der Waals surface area contributed by atoms with E-state index in [1.165, 1.54) is 12.1 Å². The van der Waals surface area contributed by atoms with E-state index in [0.717, 1.165) is 22.3 Å². The Labute approximate surface area is 198 Å². The minimum absolute atomic E-state index is 0.0354. The second-order valence-corrected chi connectivity index (χ2v) is 7.94. The first-order chi connectivity index (χ1) is 16.6. The predicted molar refractivity (Wildman–Crippen MR) is 132 cm³/mol. The fraction of sp³-hybridized carbons (Fsp3) is 0.107. The van der Waals surface area contributed by atoms with E-state index in [-0.39, 0.29) is 18.0 Å². The molecule has 0 unspecified atom stereocenters. The highest BCUT2D eigenvalue weighted by Crippen LogP contribution is 2.36. The van der Waals surface area contributed by atoms with E-state index in [1.54, 1.807) is 12.1 Å². The molecule has 0 aliphatic carbocycles. The monoisotopic (exact) mass is 451 g/mol. The van der Waals surface area contributed by atoms with E-state index in [1.807, 2.05) is 91.0 Å². The Morgan fingerprint density at radius 3 is 1.56 bits per heavy atom. The molecule has 0 aliphatic heterocycles. The summed E-state index contributed by atoms with van der Waals surface area (Å²) in [7, 11) is 0. The van der Waals surface area contributed by atoms with E-state index in [2.05, 4.69) is 10.9 Å². The molecule has 0 radical (unpaired) electrons. The fourth-order valence-corrected chi connectivity index (χ4v) is 4.05. The number of rotatable bonds is 9. The van der Waals surface area contributed by atoms with Gasteiger partial charge in [0.25, 0.3) is 5.69 Å². The number of hydrogen-bond acceptors (Lipinski definition) is 4. The van der Waals surface area contributed by atoms with Gasteiger partial charge >= 0.3 is 0 Å². The van der Waals surface area contributed by atoms with Crippen molar-refractivity contribution in [3.63, 3.8) is 0 Å². The third kappa shape index (κ3) is 5.03. The van der Waals surface area contributed by atoms with Crippen LogP contribution in [0.2, 0.25) is 0 Å².